The number of halogens is 1. The fourth-order valence-electron chi connectivity index (χ4n) is 1.64. The molecule has 2 aromatic rings. The maximum Gasteiger partial charge on any atom is 0.0181 e. The van der Waals surface area contributed by atoms with Gasteiger partial charge < -0.3 is 0 Å². The van der Waals surface area contributed by atoms with Crippen molar-refractivity contribution in [1.82, 2.24) is 0 Å². The first-order valence-electron chi connectivity index (χ1n) is 5.30. The fraction of sp³-hybridized carbons (Fsp3) is 0.0667. The van der Waals surface area contributed by atoms with E-state index >= 15 is 0 Å². The molecule has 0 radical (unpaired) electrons. The lowest BCUT2D eigenvalue weighted by molar-refractivity contribution is 1.43. The van der Waals surface area contributed by atoms with Crippen LogP contribution in [0, 0.1) is 0 Å². The second-order valence-corrected chi connectivity index (χ2v) is 5.51. The van der Waals surface area contributed by atoms with Crippen molar-refractivity contribution in [1.29, 1.82) is 0 Å². The molecule has 0 saturated heterocycles. The highest BCUT2D eigenvalue weighted by atomic mass is 79.9. The smallest absolute Gasteiger partial charge is 0.0181 e. The van der Waals surface area contributed by atoms with E-state index in [1.165, 1.54) is 10.5 Å². The lowest BCUT2D eigenvalue weighted by Gasteiger charge is -2.07. The molecule has 0 aliphatic carbocycles. The van der Waals surface area contributed by atoms with E-state index in [0.29, 0.717) is 0 Å². The average molecular weight is 305 g/mol. The Morgan fingerprint density at radius 3 is 2.35 bits per heavy atom. The molecule has 0 fully saturated rings. The molecule has 86 valence electrons. The van der Waals surface area contributed by atoms with Crippen LogP contribution in [0.15, 0.2) is 64.5 Å². The standard InChI is InChI=1S/C15H13BrS/c1-11(13-4-3-5-14(16)10-13)12-6-8-15(17-2)9-7-12/h3-10H,1H2,2H3. The molecule has 0 aliphatic heterocycles. The molecule has 0 spiro atoms. The molecular formula is C15H13BrS. The van der Waals surface area contributed by atoms with Crippen molar-refractivity contribution in [2.45, 2.75) is 4.90 Å². The van der Waals surface area contributed by atoms with Gasteiger partial charge in [-0.15, -0.1) is 11.8 Å². The normalized spacial score (nSPS) is 10.2. The second kappa shape index (κ2) is 5.56. The van der Waals surface area contributed by atoms with Gasteiger partial charge in [0, 0.05) is 9.37 Å². The molecular weight excluding hydrogens is 292 g/mol. The molecule has 2 aromatic carbocycles. The minimum Gasteiger partial charge on any atom is -0.130 e. The van der Waals surface area contributed by atoms with Crippen LogP contribution < -0.4 is 0 Å². The molecule has 0 N–H and O–H groups in total. The van der Waals surface area contributed by atoms with Crippen molar-refractivity contribution in [3.05, 3.63) is 70.7 Å². The Balaban J connectivity index is 2.30. The van der Waals surface area contributed by atoms with E-state index in [2.05, 4.69) is 65.2 Å². The summed E-state index contributed by atoms with van der Waals surface area (Å²) in [6, 6.07) is 16.7. The van der Waals surface area contributed by atoms with Crippen LogP contribution in [0.3, 0.4) is 0 Å². The second-order valence-electron chi connectivity index (χ2n) is 3.72. The number of hydrogen-bond acceptors (Lipinski definition) is 1. The Morgan fingerprint density at radius 2 is 1.76 bits per heavy atom. The van der Waals surface area contributed by atoms with Gasteiger partial charge in [0.1, 0.15) is 0 Å². The molecule has 2 rings (SSSR count). The lowest BCUT2D eigenvalue weighted by Crippen LogP contribution is -1.86. The highest BCUT2D eigenvalue weighted by Crippen LogP contribution is 2.25. The van der Waals surface area contributed by atoms with Crippen molar-refractivity contribution in [3.63, 3.8) is 0 Å². The SMILES string of the molecule is C=C(c1ccc(SC)cc1)c1cccc(Br)c1. The predicted octanol–water partition coefficient (Wildman–Crippen LogP) is 5.23. The van der Waals surface area contributed by atoms with Gasteiger partial charge in [0.05, 0.1) is 0 Å². The van der Waals surface area contributed by atoms with Gasteiger partial charge in [-0.2, -0.15) is 0 Å². The van der Waals surface area contributed by atoms with E-state index < -0.39 is 0 Å². The van der Waals surface area contributed by atoms with E-state index in [9.17, 15) is 0 Å². The summed E-state index contributed by atoms with van der Waals surface area (Å²) in [5.41, 5.74) is 3.37. The Hall–Kier alpha value is -0.990. The van der Waals surface area contributed by atoms with Crippen molar-refractivity contribution < 1.29 is 0 Å². The Kier molecular flexibility index (Phi) is 4.08. The first-order valence-corrected chi connectivity index (χ1v) is 7.32. The summed E-state index contributed by atoms with van der Waals surface area (Å²) in [5, 5.41) is 0. The number of hydrogen-bond donors (Lipinski definition) is 0. The zero-order valence-electron chi connectivity index (χ0n) is 9.61. The molecule has 0 saturated carbocycles. The Labute approximate surface area is 115 Å². The zero-order chi connectivity index (χ0) is 12.3. The minimum absolute atomic E-state index is 1.05. The molecule has 0 aliphatic rings. The summed E-state index contributed by atoms with van der Waals surface area (Å²) in [4.78, 5) is 1.27. The maximum atomic E-state index is 4.16. The van der Waals surface area contributed by atoms with Crippen molar-refractivity contribution in [3.8, 4) is 0 Å². The van der Waals surface area contributed by atoms with Crippen LogP contribution in [0.25, 0.3) is 5.57 Å². The van der Waals surface area contributed by atoms with E-state index in [0.717, 1.165) is 15.6 Å². The van der Waals surface area contributed by atoms with Gasteiger partial charge in [0.2, 0.25) is 0 Å². The summed E-state index contributed by atoms with van der Waals surface area (Å²) < 4.78 is 1.08. The molecule has 0 atom stereocenters. The number of benzene rings is 2. The van der Waals surface area contributed by atoms with E-state index in [-0.39, 0.29) is 0 Å². The summed E-state index contributed by atoms with van der Waals surface area (Å²) >= 11 is 5.23. The largest absolute Gasteiger partial charge is 0.130 e. The van der Waals surface area contributed by atoms with Crippen LogP contribution in [0.4, 0.5) is 0 Å². The van der Waals surface area contributed by atoms with Gasteiger partial charge >= 0.3 is 0 Å². The maximum absolute atomic E-state index is 4.16. The third kappa shape index (κ3) is 3.02. The van der Waals surface area contributed by atoms with E-state index in [4.69, 9.17) is 0 Å². The topological polar surface area (TPSA) is 0 Å². The molecule has 17 heavy (non-hydrogen) atoms. The van der Waals surface area contributed by atoms with Crippen LogP contribution in [-0.4, -0.2) is 6.26 Å². The van der Waals surface area contributed by atoms with Crippen molar-refractivity contribution >= 4 is 33.3 Å². The van der Waals surface area contributed by atoms with Gasteiger partial charge in [-0.25, -0.2) is 0 Å². The monoisotopic (exact) mass is 304 g/mol. The molecule has 0 heterocycles. The lowest BCUT2D eigenvalue weighted by atomic mass is 10.00. The fourth-order valence-corrected chi connectivity index (χ4v) is 2.44. The summed E-state index contributed by atoms with van der Waals surface area (Å²) in [6.45, 7) is 4.16. The van der Waals surface area contributed by atoms with Crippen molar-refractivity contribution in [2.75, 3.05) is 6.26 Å². The van der Waals surface area contributed by atoms with Gasteiger partial charge in [0.15, 0.2) is 0 Å². The van der Waals surface area contributed by atoms with Gasteiger partial charge in [-0.1, -0.05) is 46.8 Å². The molecule has 0 nitrogen and oxygen atoms in total. The van der Waals surface area contributed by atoms with Crippen LogP contribution in [0.2, 0.25) is 0 Å². The van der Waals surface area contributed by atoms with Gasteiger partial charge in [-0.05, 0) is 47.2 Å². The number of rotatable bonds is 3. The first kappa shape index (κ1) is 12.5. The summed E-state index contributed by atoms with van der Waals surface area (Å²) in [5.74, 6) is 0. The predicted molar refractivity (Wildman–Crippen MR) is 80.5 cm³/mol. The minimum atomic E-state index is 1.05. The third-order valence-corrected chi connectivity index (χ3v) is 3.85. The summed E-state index contributed by atoms with van der Waals surface area (Å²) in [6.07, 6.45) is 2.08. The first-order chi connectivity index (χ1) is 8.20. The quantitative estimate of drug-likeness (QED) is 0.699. The zero-order valence-corrected chi connectivity index (χ0v) is 12.0. The molecule has 2 heteroatoms. The molecule has 0 amide bonds. The number of thioether (sulfide) groups is 1. The molecule has 0 bridgehead atoms. The molecule has 0 unspecified atom stereocenters. The third-order valence-electron chi connectivity index (χ3n) is 2.61. The Morgan fingerprint density at radius 1 is 1.06 bits per heavy atom. The Bertz CT molecular complexity index is 529. The van der Waals surface area contributed by atoms with Crippen LogP contribution >= 0.6 is 27.7 Å². The van der Waals surface area contributed by atoms with Crippen molar-refractivity contribution in [2.24, 2.45) is 0 Å². The van der Waals surface area contributed by atoms with Crippen LogP contribution in [-0.2, 0) is 0 Å². The van der Waals surface area contributed by atoms with Gasteiger partial charge in [-0.3, -0.25) is 0 Å². The van der Waals surface area contributed by atoms with Crippen LogP contribution in [0.1, 0.15) is 11.1 Å². The highest BCUT2D eigenvalue weighted by Gasteiger charge is 2.02. The van der Waals surface area contributed by atoms with E-state index in [1.54, 1.807) is 11.8 Å². The van der Waals surface area contributed by atoms with Crippen LogP contribution in [0.5, 0.6) is 0 Å². The summed E-state index contributed by atoms with van der Waals surface area (Å²) in [7, 11) is 0. The average Bonchev–Trinajstić information content (AvgIpc) is 2.38. The van der Waals surface area contributed by atoms with E-state index in [1.807, 2.05) is 12.1 Å². The molecule has 0 aromatic heterocycles. The highest BCUT2D eigenvalue weighted by molar-refractivity contribution is 9.10. The van der Waals surface area contributed by atoms with Gasteiger partial charge in [0.25, 0.3) is 0 Å².